The van der Waals surface area contributed by atoms with Gasteiger partial charge in [-0.2, -0.15) is 5.26 Å². The van der Waals surface area contributed by atoms with Crippen LogP contribution in [0, 0.1) is 29.1 Å². The van der Waals surface area contributed by atoms with Crippen LogP contribution < -0.4 is 0 Å². The Kier molecular flexibility index (Phi) is 7.85. The van der Waals surface area contributed by atoms with Crippen LogP contribution in [-0.4, -0.2) is 15.0 Å². The standard InChI is InChI=1S/C44H40N4/c1-3-30-24-31-23-29(2)25-44(26-30,27-31)35-19-17-32(18-20-35)36-15-10-16-37-38(36)21-22-39(40(37)28-45)43-47-41(33-11-6-4-7-12-33)46-42(48-43)34-13-8-5-9-14-34/h4-22,29-31H,3,23-27H2,1-2H3/t29-,30+,31-,44?/m1/s1. The predicted molar refractivity (Wildman–Crippen MR) is 195 cm³/mol. The maximum atomic E-state index is 10.6. The summed E-state index contributed by atoms with van der Waals surface area (Å²) in [4.78, 5) is 14.7. The van der Waals surface area contributed by atoms with Crippen LogP contribution in [0.15, 0.2) is 115 Å². The molecule has 4 heteroatoms. The Morgan fingerprint density at radius 1 is 0.625 bits per heavy atom. The van der Waals surface area contributed by atoms with Crippen molar-refractivity contribution in [2.45, 2.75) is 57.8 Å². The van der Waals surface area contributed by atoms with Gasteiger partial charge in [0.15, 0.2) is 17.5 Å². The molecule has 1 aromatic heterocycles. The summed E-state index contributed by atoms with van der Waals surface area (Å²) in [6, 6.07) is 42.3. The quantitative estimate of drug-likeness (QED) is 0.185. The molecule has 2 bridgehead atoms. The second-order valence-corrected chi connectivity index (χ2v) is 14.2. The molecule has 4 nitrogen and oxygen atoms in total. The van der Waals surface area contributed by atoms with Gasteiger partial charge in [-0.1, -0.05) is 129 Å². The average molecular weight is 625 g/mol. The van der Waals surface area contributed by atoms with E-state index in [0.29, 0.717) is 34.0 Å². The number of nitrogens with zero attached hydrogens (tertiary/aromatic N) is 4. The van der Waals surface area contributed by atoms with Crippen molar-refractivity contribution in [3.05, 3.63) is 126 Å². The molecule has 2 aliphatic carbocycles. The number of hydrogen-bond acceptors (Lipinski definition) is 4. The number of benzene rings is 5. The van der Waals surface area contributed by atoms with Crippen molar-refractivity contribution in [2.75, 3.05) is 0 Å². The van der Waals surface area contributed by atoms with Gasteiger partial charge in [-0.25, -0.2) is 15.0 Å². The van der Waals surface area contributed by atoms with Crippen molar-refractivity contribution >= 4 is 10.8 Å². The van der Waals surface area contributed by atoms with Gasteiger partial charge in [0.05, 0.1) is 5.56 Å². The Labute approximate surface area is 283 Å². The fraction of sp³-hybridized carbons (Fsp3) is 0.273. The summed E-state index contributed by atoms with van der Waals surface area (Å²) in [6.07, 6.45) is 8.05. The highest BCUT2D eigenvalue weighted by atomic mass is 15.0. The SMILES string of the molecule is CC[C@H]1C[C@H]2C[C@@H](C)CC(c3ccc(-c4cccc5c(C#N)c(-c6nc(-c7ccccc7)nc(-c7ccccc7)n6)ccc45)cc3)(C2)C1. The highest BCUT2D eigenvalue weighted by Crippen LogP contribution is 2.55. The molecule has 2 aliphatic rings. The first-order valence-corrected chi connectivity index (χ1v) is 17.5. The van der Waals surface area contributed by atoms with E-state index in [2.05, 4.69) is 62.4 Å². The third-order valence-corrected chi connectivity index (χ3v) is 11.0. The molecular formula is C44H40N4. The molecular weight excluding hydrogens is 585 g/mol. The highest BCUT2D eigenvalue weighted by Gasteiger charge is 2.45. The molecule has 0 amide bonds. The minimum Gasteiger partial charge on any atom is -0.208 e. The van der Waals surface area contributed by atoms with Crippen molar-refractivity contribution < 1.29 is 0 Å². The molecule has 1 heterocycles. The molecule has 0 aliphatic heterocycles. The van der Waals surface area contributed by atoms with E-state index in [1.165, 1.54) is 49.7 Å². The zero-order valence-electron chi connectivity index (χ0n) is 27.7. The van der Waals surface area contributed by atoms with Crippen LogP contribution in [-0.2, 0) is 5.41 Å². The third-order valence-electron chi connectivity index (χ3n) is 11.0. The predicted octanol–water partition coefficient (Wildman–Crippen LogP) is 11.1. The van der Waals surface area contributed by atoms with Crippen LogP contribution in [0.4, 0.5) is 0 Å². The van der Waals surface area contributed by atoms with Gasteiger partial charge in [-0.3, -0.25) is 0 Å². The molecule has 2 saturated carbocycles. The number of hydrogen-bond donors (Lipinski definition) is 0. The van der Waals surface area contributed by atoms with E-state index < -0.39 is 0 Å². The second-order valence-electron chi connectivity index (χ2n) is 14.2. The molecule has 0 radical (unpaired) electrons. The summed E-state index contributed by atoms with van der Waals surface area (Å²) in [6.45, 7) is 4.83. The van der Waals surface area contributed by atoms with Crippen LogP contribution in [0.5, 0.6) is 0 Å². The molecule has 2 fully saturated rings. The van der Waals surface area contributed by atoms with Gasteiger partial charge in [0.1, 0.15) is 6.07 Å². The van der Waals surface area contributed by atoms with Crippen molar-refractivity contribution in [3.8, 4) is 51.4 Å². The van der Waals surface area contributed by atoms with E-state index in [0.717, 1.165) is 45.2 Å². The van der Waals surface area contributed by atoms with Gasteiger partial charge in [0.2, 0.25) is 0 Å². The maximum absolute atomic E-state index is 10.6. The maximum Gasteiger partial charge on any atom is 0.165 e. The number of nitriles is 1. The minimum atomic E-state index is 0.309. The Bertz CT molecular complexity index is 2070. The van der Waals surface area contributed by atoms with Crippen LogP contribution in [0.1, 0.15) is 63.5 Å². The van der Waals surface area contributed by atoms with Gasteiger partial charge in [-0.05, 0) is 83.4 Å². The first-order valence-electron chi connectivity index (χ1n) is 17.5. The van der Waals surface area contributed by atoms with Crippen molar-refractivity contribution in [1.29, 1.82) is 5.26 Å². The summed E-state index contributed by atoms with van der Waals surface area (Å²) in [5.74, 6) is 4.14. The summed E-state index contributed by atoms with van der Waals surface area (Å²) >= 11 is 0. The zero-order valence-corrected chi connectivity index (χ0v) is 27.7. The number of fused-ring (bicyclic) bond motifs is 3. The number of rotatable bonds is 6. The molecule has 48 heavy (non-hydrogen) atoms. The largest absolute Gasteiger partial charge is 0.208 e. The molecule has 0 N–H and O–H groups in total. The molecule has 1 unspecified atom stereocenters. The lowest BCUT2D eigenvalue weighted by molar-refractivity contribution is 0.0702. The molecule has 4 atom stereocenters. The van der Waals surface area contributed by atoms with E-state index >= 15 is 0 Å². The topological polar surface area (TPSA) is 62.5 Å². The molecule has 0 saturated heterocycles. The lowest BCUT2D eigenvalue weighted by Crippen LogP contribution is -2.42. The Morgan fingerprint density at radius 2 is 1.29 bits per heavy atom. The monoisotopic (exact) mass is 624 g/mol. The summed E-state index contributed by atoms with van der Waals surface area (Å²) in [5, 5.41) is 12.6. The highest BCUT2D eigenvalue weighted by molar-refractivity contribution is 6.02. The average Bonchev–Trinajstić information content (AvgIpc) is 3.14. The fourth-order valence-corrected chi connectivity index (χ4v) is 9.01. The first-order chi connectivity index (χ1) is 23.5. The van der Waals surface area contributed by atoms with E-state index in [1.54, 1.807) is 0 Å². The Morgan fingerprint density at radius 3 is 1.94 bits per heavy atom. The summed E-state index contributed by atoms with van der Waals surface area (Å²) in [5.41, 5.74) is 7.22. The van der Waals surface area contributed by atoms with Crippen molar-refractivity contribution in [1.82, 2.24) is 15.0 Å². The normalized spacial score (nSPS) is 21.9. The van der Waals surface area contributed by atoms with E-state index in [4.69, 9.17) is 15.0 Å². The summed E-state index contributed by atoms with van der Waals surface area (Å²) < 4.78 is 0. The van der Waals surface area contributed by atoms with Gasteiger partial charge in [-0.15, -0.1) is 0 Å². The molecule has 6 aromatic rings. The van der Waals surface area contributed by atoms with Crippen LogP contribution in [0.2, 0.25) is 0 Å². The Hall–Kier alpha value is -5.14. The van der Waals surface area contributed by atoms with E-state index in [9.17, 15) is 5.26 Å². The van der Waals surface area contributed by atoms with E-state index in [1.807, 2.05) is 72.8 Å². The molecule has 8 rings (SSSR count). The first kappa shape index (κ1) is 30.2. The van der Waals surface area contributed by atoms with Crippen molar-refractivity contribution in [3.63, 3.8) is 0 Å². The lowest BCUT2D eigenvalue weighted by atomic mass is 9.54. The second kappa shape index (κ2) is 12.5. The van der Waals surface area contributed by atoms with Gasteiger partial charge >= 0.3 is 0 Å². The summed E-state index contributed by atoms with van der Waals surface area (Å²) in [7, 11) is 0. The molecule has 5 aromatic carbocycles. The van der Waals surface area contributed by atoms with Crippen molar-refractivity contribution in [2.24, 2.45) is 17.8 Å². The molecule has 0 spiro atoms. The van der Waals surface area contributed by atoms with Crippen LogP contribution >= 0.6 is 0 Å². The Balaban J connectivity index is 1.20. The van der Waals surface area contributed by atoms with E-state index in [-0.39, 0.29) is 0 Å². The van der Waals surface area contributed by atoms with Crippen LogP contribution in [0.25, 0.3) is 56.1 Å². The van der Waals surface area contributed by atoms with Gasteiger partial charge in [0.25, 0.3) is 0 Å². The third kappa shape index (κ3) is 5.48. The van der Waals surface area contributed by atoms with Crippen LogP contribution in [0.3, 0.4) is 0 Å². The van der Waals surface area contributed by atoms with Gasteiger partial charge in [0, 0.05) is 22.1 Å². The zero-order chi connectivity index (χ0) is 32.7. The molecule has 236 valence electrons. The van der Waals surface area contributed by atoms with Gasteiger partial charge < -0.3 is 0 Å². The number of aromatic nitrogens is 3. The lowest BCUT2D eigenvalue weighted by Gasteiger charge is -2.51. The smallest absolute Gasteiger partial charge is 0.165 e. The fourth-order valence-electron chi connectivity index (χ4n) is 9.01. The minimum absolute atomic E-state index is 0.309.